The summed E-state index contributed by atoms with van der Waals surface area (Å²) in [5.74, 6) is -0.494. The zero-order chi connectivity index (χ0) is 13.9. The number of primary amides is 1. The van der Waals surface area contributed by atoms with Gasteiger partial charge in [0.05, 0.1) is 11.9 Å². The number of hydrogen-bond acceptors (Lipinski definition) is 3. The Morgan fingerprint density at radius 3 is 2.80 bits per heavy atom. The van der Waals surface area contributed by atoms with Gasteiger partial charge < -0.3 is 10.7 Å². The summed E-state index contributed by atoms with van der Waals surface area (Å²) in [7, 11) is 0. The molecule has 0 saturated heterocycles. The van der Waals surface area contributed by atoms with E-state index in [1.807, 2.05) is 30.3 Å². The molecule has 20 heavy (non-hydrogen) atoms. The van der Waals surface area contributed by atoms with Gasteiger partial charge in [-0.25, -0.2) is 9.97 Å². The molecule has 1 amide bonds. The Hall–Kier alpha value is -2.95. The van der Waals surface area contributed by atoms with E-state index in [-0.39, 0.29) is 0 Å². The number of amides is 1. The molecule has 0 saturated carbocycles. The maximum atomic E-state index is 10.8. The Morgan fingerprint density at radius 2 is 2.05 bits per heavy atom. The van der Waals surface area contributed by atoms with Crippen molar-refractivity contribution in [3.8, 4) is 11.3 Å². The third-order valence-corrected chi connectivity index (χ3v) is 2.91. The standard InChI is InChI=1S/C15H12N4O/c16-13(20)7-6-11-8-17-15-14(11)19-12(9-18-15)10-4-2-1-3-5-10/h1-9H,(H2,16,20)(H,17,18). The minimum absolute atomic E-state index is 0.494. The van der Waals surface area contributed by atoms with Crippen molar-refractivity contribution in [3.63, 3.8) is 0 Å². The number of carbonyl (C=O) groups excluding carboxylic acids is 1. The number of nitrogens with two attached hydrogens (primary N) is 1. The fourth-order valence-corrected chi connectivity index (χ4v) is 1.96. The molecule has 1 aromatic carbocycles. The summed E-state index contributed by atoms with van der Waals surface area (Å²) in [6.45, 7) is 0. The molecule has 0 atom stereocenters. The fraction of sp³-hybridized carbons (Fsp3) is 0. The molecule has 0 aliphatic carbocycles. The molecule has 5 nitrogen and oxygen atoms in total. The summed E-state index contributed by atoms with van der Waals surface area (Å²) in [6, 6.07) is 9.80. The van der Waals surface area contributed by atoms with E-state index >= 15 is 0 Å². The van der Waals surface area contributed by atoms with Crippen LogP contribution >= 0.6 is 0 Å². The van der Waals surface area contributed by atoms with Crippen LogP contribution in [0.3, 0.4) is 0 Å². The highest BCUT2D eigenvalue weighted by Crippen LogP contribution is 2.21. The molecule has 98 valence electrons. The van der Waals surface area contributed by atoms with E-state index in [0.717, 1.165) is 16.8 Å². The van der Waals surface area contributed by atoms with E-state index in [1.165, 1.54) is 6.08 Å². The second-order valence-corrected chi connectivity index (χ2v) is 4.30. The number of nitrogens with one attached hydrogen (secondary N) is 1. The highest BCUT2D eigenvalue weighted by Gasteiger charge is 2.07. The van der Waals surface area contributed by atoms with Crippen molar-refractivity contribution in [2.75, 3.05) is 0 Å². The monoisotopic (exact) mass is 264 g/mol. The average Bonchev–Trinajstić information content (AvgIpc) is 2.88. The highest BCUT2D eigenvalue weighted by molar-refractivity contribution is 5.93. The number of benzene rings is 1. The fourth-order valence-electron chi connectivity index (χ4n) is 1.96. The first-order valence-corrected chi connectivity index (χ1v) is 6.11. The van der Waals surface area contributed by atoms with E-state index < -0.39 is 5.91 Å². The maximum absolute atomic E-state index is 10.8. The molecule has 0 aliphatic heterocycles. The highest BCUT2D eigenvalue weighted by atomic mass is 16.1. The smallest absolute Gasteiger partial charge is 0.241 e. The van der Waals surface area contributed by atoms with Crippen LogP contribution in [0.25, 0.3) is 28.5 Å². The van der Waals surface area contributed by atoms with Gasteiger partial charge in [-0.15, -0.1) is 0 Å². The van der Waals surface area contributed by atoms with E-state index in [9.17, 15) is 4.79 Å². The van der Waals surface area contributed by atoms with Crippen LogP contribution in [-0.2, 0) is 4.79 Å². The number of H-pyrrole nitrogens is 1. The van der Waals surface area contributed by atoms with E-state index in [2.05, 4.69) is 15.0 Å². The molecule has 2 heterocycles. The van der Waals surface area contributed by atoms with Crippen LogP contribution < -0.4 is 5.73 Å². The number of aromatic nitrogens is 3. The Balaban J connectivity index is 2.10. The van der Waals surface area contributed by atoms with Gasteiger partial charge in [-0.1, -0.05) is 30.3 Å². The van der Waals surface area contributed by atoms with Crippen molar-refractivity contribution in [1.29, 1.82) is 0 Å². The third kappa shape index (κ3) is 2.29. The van der Waals surface area contributed by atoms with Crippen LogP contribution in [0.1, 0.15) is 5.56 Å². The van der Waals surface area contributed by atoms with Crippen molar-refractivity contribution in [1.82, 2.24) is 15.0 Å². The topological polar surface area (TPSA) is 84.7 Å². The molecule has 0 bridgehead atoms. The Labute approximate surface area is 115 Å². The van der Waals surface area contributed by atoms with E-state index in [4.69, 9.17) is 5.73 Å². The van der Waals surface area contributed by atoms with Gasteiger partial charge in [-0.05, 0) is 6.08 Å². The van der Waals surface area contributed by atoms with Gasteiger partial charge >= 0.3 is 0 Å². The molecule has 0 fully saturated rings. The average molecular weight is 264 g/mol. The molecular formula is C15H12N4O. The summed E-state index contributed by atoms with van der Waals surface area (Å²) >= 11 is 0. The molecule has 3 N–H and O–H groups in total. The maximum Gasteiger partial charge on any atom is 0.241 e. The van der Waals surface area contributed by atoms with Crippen LogP contribution in [-0.4, -0.2) is 20.9 Å². The van der Waals surface area contributed by atoms with Crippen LogP contribution in [0.15, 0.2) is 48.8 Å². The van der Waals surface area contributed by atoms with Crippen molar-refractivity contribution >= 4 is 23.1 Å². The van der Waals surface area contributed by atoms with Gasteiger partial charge in [0.2, 0.25) is 5.91 Å². The number of hydrogen-bond donors (Lipinski definition) is 2. The van der Waals surface area contributed by atoms with Gasteiger partial charge in [0.15, 0.2) is 5.65 Å². The third-order valence-electron chi connectivity index (χ3n) is 2.91. The lowest BCUT2D eigenvalue weighted by Crippen LogP contribution is -2.05. The zero-order valence-electron chi connectivity index (χ0n) is 10.6. The summed E-state index contributed by atoms with van der Waals surface area (Å²) in [5.41, 5.74) is 9.05. The molecule has 3 rings (SSSR count). The largest absolute Gasteiger partial charge is 0.366 e. The predicted molar refractivity (Wildman–Crippen MR) is 77.6 cm³/mol. The lowest BCUT2D eigenvalue weighted by atomic mass is 10.1. The van der Waals surface area contributed by atoms with Gasteiger partial charge in [0.1, 0.15) is 5.52 Å². The molecule has 3 aromatic rings. The lowest BCUT2D eigenvalue weighted by molar-refractivity contribution is -0.113. The molecule has 0 radical (unpaired) electrons. The number of fused-ring (bicyclic) bond motifs is 1. The molecule has 0 spiro atoms. The van der Waals surface area contributed by atoms with Crippen molar-refractivity contribution < 1.29 is 4.79 Å². The normalized spacial score (nSPS) is 11.2. The second-order valence-electron chi connectivity index (χ2n) is 4.30. The van der Waals surface area contributed by atoms with Gasteiger partial charge in [-0.2, -0.15) is 0 Å². The number of nitrogens with zero attached hydrogens (tertiary/aromatic N) is 2. The molecular weight excluding hydrogens is 252 g/mol. The summed E-state index contributed by atoms with van der Waals surface area (Å²) in [4.78, 5) is 22.7. The van der Waals surface area contributed by atoms with Crippen molar-refractivity contribution in [2.45, 2.75) is 0 Å². The summed E-state index contributed by atoms with van der Waals surface area (Å²) in [5, 5.41) is 0. The minimum Gasteiger partial charge on any atom is -0.366 e. The zero-order valence-corrected chi connectivity index (χ0v) is 10.6. The molecule has 5 heteroatoms. The first-order chi connectivity index (χ1) is 9.74. The molecule has 0 unspecified atom stereocenters. The van der Waals surface area contributed by atoms with Gasteiger partial charge in [-0.3, -0.25) is 4.79 Å². The Kier molecular flexibility index (Phi) is 3.01. The Bertz CT molecular complexity index is 790. The summed E-state index contributed by atoms with van der Waals surface area (Å²) in [6.07, 6.45) is 6.40. The number of carbonyl (C=O) groups is 1. The quantitative estimate of drug-likeness (QED) is 0.710. The first-order valence-electron chi connectivity index (χ1n) is 6.11. The van der Waals surface area contributed by atoms with Gasteiger partial charge in [0.25, 0.3) is 0 Å². The van der Waals surface area contributed by atoms with Crippen molar-refractivity contribution in [3.05, 3.63) is 54.4 Å². The lowest BCUT2D eigenvalue weighted by Gasteiger charge is -2.00. The number of rotatable bonds is 3. The van der Waals surface area contributed by atoms with Crippen LogP contribution in [0, 0.1) is 0 Å². The van der Waals surface area contributed by atoms with Crippen LogP contribution in [0.4, 0.5) is 0 Å². The van der Waals surface area contributed by atoms with Gasteiger partial charge in [0, 0.05) is 23.4 Å². The van der Waals surface area contributed by atoms with E-state index in [1.54, 1.807) is 18.5 Å². The minimum atomic E-state index is -0.494. The van der Waals surface area contributed by atoms with Crippen LogP contribution in [0.2, 0.25) is 0 Å². The predicted octanol–water partition coefficient (Wildman–Crippen LogP) is 2.12. The first kappa shape index (κ1) is 12.1. The van der Waals surface area contributed by atoms with E-state index in [0.29, 0.717) is 11.2 Å². The number of aromatic amines is 1. The van der Waals surface area contributed by atoms with Crippen molar-refractivity contribution in [2.24, 2.45) is 5.73 Å². The summed E-state index contributed by atoms with van der Waals surface area (Å²) < 4.78 is 0. The van der Waals surface area contributed by atoms with Crippen LogP contribution in [0.5, 0.6) is 0 Å². The molecule has 2 aromatic heterocycles. The molecule has 0 aliphatic rings. The Morgan fingerprint density at radius 1 is 1.25 bits per heavy atom. The SMILES string of the molecule is NC(=O)C=Cc1c[nH]c2ncc(-c3ccccc3)nc12. The second kappa shape index (κ2) is 4.97.